The first-order chi connectivity index (χ1) is 48.0. The fraction of sp³-hybridized carbons (Fsp3) is 0.0833. The third-order valence-corrected chi connectivity index (χ3v) is 16.8. The van der Waals surface area contributed by atoms with E-state index in [1.54, 1.807) is 24.8 Å². The van der Waals surface area contributed by atoms with Crippen molar-refractivity contribution in [2.75, 3.05) is 0 Å². The monoisotopic (exact) mass is 1280 g/mol. The Balaban J connectivity index is 0.0000000933. The number of rotatable bonds is 0. The number of benzene rings is 7. The van der Waals surface area contributed by atoms with Gasteiger partial charge in [0.2, 0.25) is 0 Å². The third kappa shape index (κ3) is 12.2. The number of hydrogen-bond donors (Lipinski definition) is 0. The Labute approximate surface area is 560 Å². The van der Waals surface area contributed by atoms with Crippen LogP contribution in [0.2, 0.25) is 0 Å². The summed E-state index contributed by atoms with van der Waals surface area (Å²) in [6.45, 7) is 14.3. The largest absolute Gasteiger partial charge is 0.454 e. The Morgan fingerprint density at radius 1 is 0.224 bits per heavy atom. The van der Waals surface area contributed by atoms with E-state index in [2.05, 4.69) is 79.9 Å². The van der Waals surface area contributed by atoms with Crippen LogP contribution in [0.1, 0.15) is 39.1 Å². The van der Waals surface area contributed by atoms with Gasteiger partial charge in [-0.1, -0.05) is 78.4 Å². The SMILES string of the molecule is Cc1ccc2c(c1)oc1cccnc12.Cc1ccc2oc3ccccc3c2n1.Cc1ccc2oc3cccnc3c2c1.Cc1cccc2c1oc1cccnc12.Cc1cccc2oc3cccnc3c12.Cc1ccnc2c1oc1ccccc12.Cc1cnc2c(c1)oc1ccccc12. The van der Waals surface area contributed by atoms with E-state index in [9.17, 15) is 0 Å². The van der Waals surface area contributed by atoms with E-state index >= 15 is 0 Å². The minimum absolute atomic E-state index is 0.855. The maximum Gasteiger partial charge on any atom is 0.156 e. The molecule has 14 nitrogen and oxygen atoms in total. The molecule has 0 N–H and O–H groups in total. The minimum Gasteiger partial charge on any atom is -0.454 e. The third-order valence-electron chi connectivity index (χ3n) is 16.8. The second-order valence-electron chi connectivity index (χ2n) is 24.0. The predicted octanol–water partition coefficient (Wildman–Crippen LogP) is 23.0. The van der Waals surface area contributed by atoms with Crippen molar-refractivity contribution in [3.8, 4) is 0 Å². The number of fused-ring (bicyclic) bond motifs is 21. The molecular weight excluding hydrogens is 1220 g/mol. The molecule has 0 unspecified atom stereocenters. The summed E-state index contributed by atoms with van der Waals surface area (Å²) in [5, 5.41) is 7.68. The second kappa shape index (κ2) is 26.5. The molecule has 0 spiro atoms. The molecule has 21 aromatic rings. The predicted molar refractivity (Wildman–Crippen MR) is 394 cm³/mol. The summed E-state index contributed by atoms with van der Waals surface area (Å²) in [5.41, 5.74) is 27.2. The van der Waals surface area contributed by atoms with Gasteiger partial charge < -0.3 is 30.9 Å². The average Bonchev–Trinajstić information content (AvgIpc) is 1.62. The van der Waals surface area contributed by atoms with Crippen LogP contribution in [0.5, 0.6) is 0 Å². The van der Waals surface area contributed by atoms with Crippen LogP contribution in [0.15, 0.2) is 286 Å². The molecule has 7 aromatic carbocycles. The number of aryl methyl sites for hydroxylation is 7. The summed E-state index contributed by atoms with van der Waals surface area (Å²) in [7, 11) is 0. The van der Waals surface area contributed by atoms with Crippen LogP contribution >= 0.6 is 0 Å². The molecule has 0 aliphatic rings. The topological polar surface area (TPSA) is 182 Å². The number of para-hydroxylation sites is 4. The highest BCUT2D eigenvalue weighted by atomic mass is 16.4. The first-order valence-corrected chi connectivity index (χ1v) is 32.1. The maximum atomic E-state index is 5.72. The summed E-state index contributed by atoms with van der Waals surface area (Å²) in [6, 6.07) is 71.6. The Bertz CT molecular complexity index is 6080. The first kappa shape index (κ1) is 61.4. The number of furan rings is 7. The Morgan fingerprint density at radius 2 is 0.643 bits per heavy atom. The molecule has 0 bridgehead atoms. The van der Waals surface area contributed by atoms with Gasteiger partial charge in [0.25, 0.3) is 0 Å². The molecule has 0 fully saturated rings. The van der Waals surface area contributed by atoms with Crippen LogP contribution in [0.4, 0.5) is 0 Å². The lowest BCUT2D eigenvalue weighted by atomic mass is 10.1. The number of aromatic nitrogens is 7. The highest BCUT2D eigenvalue weighted by Gasteiger charge is 2.14. The van der Waals surface area contributed by atoms with Gasteiger partial charge in [-0.05, 0) is 222 Å². The molecule has 476 valence electrons. The smallest absolute Gasteiger partial charge is 0.156 e. The van der Waals surface area contributed by atoms with Crippen molar-refractivity contribution in [3.05, 3.63) is 295 Å². The number of hydrogen-bond acceptors (Lipinski definition) is 14. The molecule has 98 heavy (non-hydrogen) atoms. The van der Waals surface area contributed by atoms with Crippen molar-refractivity contribution in [1.29, 1.82) is 0 Å². The van der Waals surface area contributed by atoms with E-state index in [0.717, 1.165) is 177 Å². The first-order valence-electron chi connectivity index (χ1n) is 32.1. The van der Waals surface area contributed by atoms with Crippen molar-refractivity contribution in [2.24, 2.45) is 0 Å². The normalized spacial score (nSPS) is 11.2. The van der Waals surface area contributed by atoms with Crippen LogP contribution in [0, 0.1) is 48.5 Å². The Kier molecular flexibility index (Phi) is 16.6. The van der Waals surface area contributed by atoms with Crippen LogP contribution in [-0.2, 0) is 0 Å². The van der Waals surface area contributed by atoms with E-state index in [-0.39, 0.29) is 0 Å². The molecule has 0 aliphatic carbocycles. The Hall–Kier alpha value is -12.8. The fourth-order valence-electron chi connectivity index (χ4n) is 12.1. The molecule has 0 radical (unpaired) electrons. The van der Waals surface area contributed by atoms with Crippen LogP contribution in [-0.4, -0.2) is 34.9 Å². The summed E-state index contributed by atoms with van der Waals surface area (Å²) >= 11 is 0. The Morgan fingerprint density at radius 3 is 1.35 bits per heavy atom. The van der Waals surface area contributed by atoms with E-state index in [4.69, 9.17) is 30.9 Å². The molecule has 0 atom stereocenters. The lowest BCUT2D eigenvalue weighted by Crippen LogP contribution is -1.78. The van der Waals surface area contributed by atoms with Gasteiger partial charge in [0.05, 0.1) is 0 Å². The fourth-order valence-corrected chi connectivity index (χ4v) is 12.1. The van der Waals surface area contributed by atoms with Gasteiger partial charge in [0.1, 0.15) is 77.7 Å². The van der Waals surface area contributed by atoms with Gasteiger partial charge in [-0.2, -0.15) is 0 Å². The van der Waals surface area contributed by atoms with Gasteiger partial charge in [-0.15, -0.1) is 0 Å². The molecule has 0 amide bonds. The van der Waals surface area contributed by atoms with Gasteiger partial charge in [0.15, 0.2) is 39.1 Å². The number of pyridine rings is 7. The van der Waals surface area contributed by atoms with E-state index in [0.29, 0.717) is 0 Å². The lowest BCUT2D eigenvalue weighted by Gasteiger charge is -1.92. The molecule has 0 saturated heterocycles. The molecule has 0 saturated carbocycles. The van der Waals surface area contributed by atoms with Crippen molar-refractivity contribution in [2.45, 2.75) is 48.5 Å². The van der Waals surface area contributed by atoms with Gasteiger partial charge in [0, 0.05) is 80.6 Å². The minimum atomic E-state index is 0.855. The van der Waals surface area contributed by atoms with E-state index < -0.39 is 0 Å². The zero-order valence-electron chi connectivity index (χ0n) is 54.7. The summed E-state index contributed by atoms with van der Waals surface area (Å²) < 4.78 is 39.7. The molecular formula is C84H63N7O7. The van der Waals surface area contributed by atoms with Crippen molar-refractivity contribution in [1.82, 2.24) is 34.9 Å². The standard InChI is InChI=1S/7C12H9NO/c1-8-4-2-5-9-11-10(14-12(8)9)6-3-7-13-11;1-8-4-2-5-9-11(8)12-10(14-9)6-3-7-13-12;1-8-4-5-10-9(7-8)12-11(14-10)3-2-6-13-12;1-8-4-5-9-11(7-8)14-10-3-2-6-13-12(9)10;1-8-6-11-12(13-7-8)9-4-2-3-5-10(9)14-11;1-8-6-7-13-11-9-4-2-3-5-10(9)14-12(8)11;1-8-6-7-11-12(13-8)9-4-2-3-5-10(9)14-11/h7*2-7H,1H3. The lowest BCUT2D eigenvalue weighted by molar-refractivity contribution is 0.664. The van der Waals surface area contributed by atoms with E-state index in [1.807, 2.05) is 234 Å². The van der Waals surface area contributed by atoms with Gasteiger partial charge >= 0.3 is 0 Å². The maximum absolute atomic E-state index is 5.72. The zero-order chi connectivity index (χ0) is 66.8. The summed E-state index contributed by atoms with van der Waals surface area (Å²) in [5.74, 6) is 0. The van der Waals surface area contributed by atoms with Crippen LogP contribution in [0.3, 0.4) is 0 Å². The quantitative estimate of drug-likeness (QED) is 0.140. The van der Waals surface area contributed by atoms with Crippen molar-refractivity contribution >= 4 is 154 Å². The van der Waals surface area contributed by atoms with Crippen LogP contribution < -0.4 is 0 Å². The van der Waals surface area contributed by atoms with Crippen molar-refractivity contribution < 1.29 is 30.9 Å². The van der Waals surface area contributed by atoms with Gasteiger partial charge in [-0.3, -0.25) is 29.9 Å². The zero-order valence-corrected chi connectivity index (χ0v) is 54.7. The molecule has 14 heterocycles. The average molecular weight is 1280 g/mol. The van der Waals surface area contributed by atoms with Crippen LogP contribution in [0.25, 0.3) is 154 Å². The molecule has 14 heteroatoms. The van der Waals surface area contributed by atoms with Crippen molar-refractivity contribution in [3.63, 3.8) is 0 Å². The number of nitrogens with zero attached hydrogens (tertiary/aromatic N) is 7. The summed E-state index contributed by atoms with van der Waals surface area (Å²) in [6.07, 6.45) is 10.9. The molecule has 21 rings (SSSR count). The molecule has 14 aromatic heterocycles. The highest BCUT2D eigenvalue weighted by molar-refractivity contribution is 6.07. The van der Waals surface area contributed by atoms with E-state index in [1.165, 1.54) is 16.7 Å². The van der Waals surface area contributed by atoms with Gasteiger partial charge in [-0.25, -0.2) is 4.98 Å². The summed E-state index contributed by atoms with van der Waals surface area (Å²) in [4.78, 5) is 30.5. The molecule has 0 aliphatic heterocycles. The second-order valence-corrected chi connectivity index (χ2v) is 24.0. The highest BCUT2D eigenvalue weighted by Crippen LogP contribution is 2.34.